The largest absolute Gasteiger partial charge is 1.00 e. The number of anilines is 1. The highest BCUT2D eigenvalue weighted by Crippen LogP contribution is 2.45. The van der Waals surface area contributed by atoms with Gasteiger partial charge in [-0.25, -0.2) is 0 Å². The number of para-hydroxylation sites is 1. The van der Waals surface area contributed by atoms with Gasteiger partial charge in [0.25, 0.3) is 0 Å². The molecule has 128 valence electrons. The molecule has 0 fully saturated rings. The summed E-state index contributed by atoms with van der Waals surface area (Å²) in [5.74, 6) is 0. The molecule has 0 N–H and O–H groups in total. The van der Waals surface area contributed by atoms with Crippen LogP contribution in [-0.2, 0) is 6.54 Å². The Morgan fingerprint density at radius 2 is 1.92 bits per heavy atom. The molecule has 2 nitrogen and oxygen atoms in total. The molecule has 0 aliphatic carbocycles. The Morgan fingerprint density at radius 1 is 1.12 bits per heavy atom. The highest BCUT2D eigenvalue weighted by Gasteiger charge is 2.23. The molecule has 0 amide bonds. The van der Waals surface area contributed by atoms with Gasteiger partial charge in [-0.3, -0.25) is 0 Å². The van der Waals surface area contributed by atoms with Gasteiger partial charge >= 0.3 is 0 Å². The molecule has 2 aromatic carbocycles. The molecule has 0 spiro atoms. The Balaban J connectivity index is 0.00000182. The van der Waals surface area contributed by atoms with Crippen LogP contribution >= 0.6 is 23.4 Å². The van der Waals surface area contributed by atoms with E-state index in [0.717, 1.165) is 11.6 Å². The number of fused-ring (bicyclic) bond motifs is 2. The number of pyridine rings is 1. The number of hydrogen-bond acceptors (Lipinski definition) is 2. The Labute approximate surface area is 174 Å². The lowest BCUT2D eigenvalue weighted by Gasteiger charge is -2.13. The predicted molar refractivity (Wildman–Crippen MR) is 104 cm³/mol. The van der Waals surface area contributed by atoms with E-state index in [1.54, 1.807) is 0 Å². The summed E-state index contributed by atoms with van der Waals surface area (Å²) < 4.78 is 2.33. The number of hydrogen-bond donors (Lipinski definition) is 0. The zero-order valence-electron chi connectivity index (χ0n) is 14.0. The van der Waals surface area contributed by atoms with E-state index in [1.165, 1.54) is 32.2 Å². The maximum Gasteiger partial charge on any atom is 0.213 e. The molecule has 1 aliphatic rings. The molecule has 0 saturated heterocycles. The standard InChI is InChI=1S/C20H18ClN2S.HI/c1-3-23-16(10-8-14-12-15(21)9-11-17(14)23)13-20-22(2)18-6-4-5-7-19(18)24-20;/h4-13H,3H2,1-2H3;1H/q+1;/p-1. The number of aryl methyl sites for hydroxylation is 1. The number of thioether (sulfide) groups is 1. The minimum absolute atomic E-state index is 0. The molecule has 5 heteroatoms. The van der Waals surface area contributed by atoms with Crippen LogP contribution in [-0.4, -0.2) is 7.05 Å². The molecule has 25 heavy (non-hydrogen) atoms. The van der Waals surface area contributed by atoms with Crippen LogP contribution in [0.4, 0.5) is 5.69 Å². The summed E-state index contributed by atoms with van der Waals surface area (Å²) in [5, 5.41) is 3.19. The van der Waals surface area contributed by atoms with E-state index in [2.05, 4.69) is 72.0 Å². The van der Waals surface area contributed by atoms with Gasteiger partial charge in [-0.2, -0.15) is 4.57 Å². The minimum Gasteiger partial charge on any atom is -1.00 e. The number of benzene rings is 2. The SMILES string of the molecule is CC[n+]1c(/C=C2\Sc3ccccc3N2C)ccc2cc(Cl)ccc21.[I-]. The third-order valence-electron chi connectivity index (χ3n) is 4.39. The molecule has 0 radical (unpaired) electrons. The molecule has 4 rings (SSSR count). The number of nitrogens with zero attached hydrogens (tertiary/aromatic N) is 2. The summed E-state index contributed by atoms with van der Waals surface area (Å²) >= 11 is 7.95. The lowest BCUT2D eigenvalue weighted by Crippen LogP contribution is -3.00. The third kappa shape index (κ3) is 3.39. The molecule has 0 saturated carbocycles. The molecule has 3 aromatic rings. The fourth-order valence-corrected chi connectivity index (χ4v) is 4.44. The molecule has 2 heterocycles. The first kappa shape index (κ1) is 18.5. The molecule has 0 bridgehead atoms. The van der Waals surface area contributed by atoms with Gasteiger partial charge in [0.05, 0.1) is 10.7 Å². The zero-order valence-corrected chi connectivity index (χ0v) is 17.8. The van der Waals surface area contributed by atoms with Crippen LogP contribution in [0.2, 0.25) is 5.02 Å². The van der Waals surface area contributed by atoms with Crippen molar-refractivity contribution in [3.63, 3.8) is 0 Å². The monoisotopic (exact) mass is 480 g/mol. The fraction of sp³-hybridized carbons (Fsp3) is 0.150. The van der Waals surface area contributed by atoms with Crippen LogP contribution in [0.5, 0.6) is 0 Å². The molecule has 1 aliphatic heterocycles. The molecule has 0 atom stereocenters. The van der Waals surface area contributed by atoms with E-state index in [9.17, 15) is 0 Å². The zero-order chi connectivity index (χ0) is 16.7. The fourth-order valence-electron chi connectivity index (χ4n) is 3.16. The van der Waals surface area contributed by atoms with E-state index in [-0.39, 0.29) is 24.0 Å². The van der Waals surface area contributed by atoms with Gasteiger partial charge in [0.1, 0.15) is 6.54 Å². The van der Waals surface area contributed by atoms with Gasteiger partial charge in [-0.15, -0.1) is 0 Å². The van der Waals surface area contributed by atoms with Crippen molar-refractivity contribution < 1.29 is 28.5 Å². The van der Waals surface area contributed by atoms with E-state index in [4.69, 9.17) is 11.6 Å². The maximum absolute atomic E-state index is 6.13. The average molecular weight is 481 g/mol. The van der Waals surface area contributed by atoms with Crippen molar-refractivity contribution in [2.24, 2.45) is 0 Å². The van der Waals surface area contributed by atoms with Gasteiger partial charge in [0.2, 0.25) is 11.2 Å². The van der Waals surface area contributed by atoms with Gasteiger partial charge in [-0.05, 0) is 37.3 Å². The number of halogens is 2. The van der Waals surface area contributed by atoms with Crippen LogP contribution in [0.15, 0.2) is 64.5 Å². The van der Waals surface area contributed by atoms with Crippen molar-refractivity contribution in [2.45, 2.75) is 18.4 Å². The molecular weight excluding hydrogens is 463 g/mol. The van der Waals surface area contributed by atoms with Crippen molar-refractivity contribution in [1.82, 2.24) is 0 Å². The Bertz CT molecular complexity index is 971. The Kier molecular flexibility index (Phi) is 5.61. The van der Waals surface area contributed by atoms with E-state index < -0.39 is 0 Å². The summed E-state index contributed by atoms with van der Waals surface area (Å²) in [7, 11) is 2.13. The van der Waals surface area contributed by atoms with Crippen molar-refractivity contribution in [2.75, 3.05) is 11.9 Å². The van der Waals surface area contributed by atoms with Crippen molar-refractivity contribution in [3.05, 3.63) is 70.3 Å². The van der Waals surface area contributed by atoms with Crippen molar-refractivity contribution in [3.8, 4) is 0 Å². The molecule has 1 aromatic heterocycles. The second-order valence-electron chi connectivity index (χ2n) is 5.82. The summed E-state index contributed by atoms with van der Waals surface area (Å²) in [5.41, 5.74) is 3.68. The maximum atomic E-state index is 6.13. The average Bonchev–Trinajstić information content (AvgIpc) is 2.91. The summed E-state index contributed by atoms with van der Waals surface area (Å²) in [6, 6.07) is 18.9. The van der Waals surface area contributed by atoms with Crippen molar-refractivity contribution >= 4 is 46.0 Å². The third-order valence-corrected chi connectivity index (χ3v) is 5.79. The first-order chi connectivity index (χ1) is 11.7. The smallest absolute Gasteiger partial charge is 0.213 e. The van der Waals surface area contributed by atoms with Gasteiger partial charge in [0.15, 0.2) is 0 Å². The summed E-state index contributed by atoms with van der Waals surface area (Å²) in [4.78, 5) is 3.56. The summed E-state index contributed by atoms with van der Waals surface area (Å²) in [6.07, 6.45) is 2.27. The minimum atomic E-state index is 0. The Morgan fingerprint density at radius 3 is 2.68 bits per heavy atom. The second-order valence-corrected chi connectivity index (χ2v) is 7.32. The number of aromatic nitrogens is 1. The first-order valence-corrected chi connectivity index (χ1v) is 9.21. The van der Waals surface area contributed by atoms with Gasteiger partial charge in [-0.1, -0.05) is 35.5 Å². The summed E-state index contributed by atoms with van der Waals surface area (Å²) in [6.45, 7) is 3.09. The molecule has 0 unspecified atom stereocenters. The van der Waals surface area contributed by atoms with Crippen LogP contribution < -0.4 is 33.4 Å². The topological polar surface area (TPSA) is 7.12 Å². The second kappa shape index (κ2) is 7.56. The predicted octanol–water partition coefficient (Wildman–Crippen LogP) is 2.35. The van der Waals surface area contributed by atoms with E-state index >= 15 is 0 Å². The highest BCUT2D eigenvalue weighted by molar-refractivity contribution is 8.03. The lowest BCUT2D eigenvalue weighted by atomic mass is 10.2. The van der Waals surface area contributed by atoms with Gasteiger partial charge in [0, 0.05) is 40.6 Å². The number of rotatable bonds is 2. The van der Waals surface area contributed by atoms with Crippen LogP contribution in [0, 0.1) is 0 Å². The first-order valence-electron chi connectivity index (χ1n) is 8.02. The van der Waals surface area contributed by atoms with E-state index in [1.807, 2.05) is 23.9 Å². The highest BCUT2D eigenvalue weighted by atomic mass is 127. The molecular formula is C20H18ClIN2S. The quantitative estimate of drug-likeness (QED) is 0.411. The lowest BCUT2D eigenvalue weighted by molar-refractivity contribution is -0.669. The van der Waals surface area contributed by atoms with Crippen LogP contribution in [0.1, 0.15) is 12.6 Å². The van der Waals surface area contributed by atoms with Crippen LogP contribution in [0.25, 0.3) is 17.0 Å². The van der Waals surface area contributed by atoms with E-state index in [0.29, 0.717) is 0 Å². The van der Waals surface area contributed by atoms with Gasteiger partial charge < -0.3 is 28.9 Å². The normalized spacial score (nSPS) is 14.7. The van der Waals surface area contributed by atoms with Crippen LogP contribution in [0.3, 0.4) is 0 Å². The Hall–Kier alpha value is -1.24. The van der Waals surface area contributed by atoms with Crippen molar-refractivity contribution in [1.29, 1.82) is 0 Å².